The molecule has 0 saturated heterocycles. The molecule has 0 unspecified atom stereocenters. The molecule has 0 aliphatic heterocycles. The van der Waals surface area contributed by atoms with Crippen LogP contribution in [0.3, 0.4) is 0 Å². The van der Waals surface area contributed by atoms with Crippen molar-refractivity contribution in [1.29, 1.82) is 0 Å². The van der Waals surface area contributed by atoms with E-state index in [0.717, 1.165) is 5.56 Å². The molecule has 0 aliphatic rings. The van der Waals surface area contributed by atoms with E-state index in [1.54, 1.807) is 12.4 Å². The molecule has 0 amide bonds. The predicted molar refractivity (Wildman–Crippen MR) is 63.1 cm³/mol. The van der Waals surface area contributed by atoms with Crippen molar-refractivity contribution >= 4 is 0 Å². The summed E-state index contributed by atoms with van der Waals surface area (Å²) < 4.78 is 5.15. The zero-order valence-electron chi connectivity index (χ0n) is 10.00. The lowest BCUT2D eigenvalue weighted by molar-refractivity contribution is 0.322. The maximum atomic E-state index is 5.94. The van der Waals surface area contributed by atoms with Gasteiger partial charge in [0.2, 0.25) is 5.89 Å². The summed E-state index contributed by atoms with van der Waals surface area (Å²) >= 11 is 0. The van der Waals surface area contributed by atoms with Gasteiger partial charge in [0.1, 0.15) is 0 Å². The number of nitrogens with zero attached hydrogens (tertiary/aromatic N) is 3. The van der Waals surface area contributed by atoms with Crippen molar-refractivity contribution in [1.82, 2.24) is 15.1 Å². The van der Waals surface area contributed by atoms with E-state index < -0.39 is 0 Å². The molecular weight excluding hydrogens is 216 g/mol. The van der Waals surface area contributed by atoms with Gasteiger partial charge in [-0.25, -0.2) is 0 Å². The molecule has 0 bridgehead atoms. The van der Waals surface area contributed by atoms with Crippen molar-refractivity contribution < 1.29 is 4.52 Å². The first-order chi connectivity index (χ1) is 8.16. The first kappa shape index (κ1) is 11.7. The van der Waals surface area contributed by atoms with Crippen molar-refractivity contribution in [3.05, 3.63) is 41.8 Å². The van der Waals surface area contributed by atoms with Gasteiger partial charge in [0.25, 0.3) is 0 Å². The van der Waals surface area contributed by atoms with E-state index in [-0.39, 0.29) is 12.0 Å². The van der Waals surface area contributed by atoms with Gasteiger partial charge in [-0.15, -0.1) is 0 Å². The monoisotopic (exact) mass is 232 g/mol. The molecule has 2 aromatic heterocycles. The summed E-state index contributed by atoms with van der Waals surface area (Å²) in [5, 5.41) is 3.92. The minimum atomic E-state index is -0.204. The Kier molecular flexibility index (Phi) is 3.49. The van der Waals surface area contributed by atoms with Gasteiger partial charge < -0.3 is 10.3 Å². The number of pyridine rings is 1. The molecule has 5 heteroatoms. The zero-order valence-corrected chi connectivity index (χ0v) is 10.00. The third kappa shape index (κ3) is 2.88. The summed E-state index contributed by atoms with van der Waals surface area (Å²) in [7, 11) is 0. The van der Waals surface area contributed by atoms with E-state index in [1.165, 1.54) is 0 Å². The van der Waals surface area contributed by atoms with E-state index in [1.807, 2.05) is 26.0 Å². The van der Waals surface area contributed by atoms with E-state index >= 15 is 0 Å². The Labute approximate surface area is 100 Å². The minimum Gasteiger partial charge on any atom is -0.338 e. The van der Waals surface area contributed by atoms with Crippen molar-refractivity contribution in [3.8, 4) is 0 Å². The first-order valence-electron chi connectivity index (χ1n) is 5.64. The summed E-state index contributed by atoms with van der Waals surface area (Å²) in [5.41, 5.74) is 6.99. The van der Waals surface area contributed by atoms with Crippen molar-refractivity contribution in [2.75, 3.05) is 0 Å². The van der Waals surface area contributed by atoms with Gasteiger partial charge in [0, 0.05) is 18.8 Å². The smallest absolute Gasteiger partial charge is 0.243 e. The lowest BCUT2D eigenvalue weighted by Gasteiger charge is -2.09. The van der Waals surface area contributed by atoms with Crippen LogP contribution in [-0.2, 0) is 6.42 Å². The van der Waals surface area contributed by atoms with E-state index in [9.17, 15) is 0 Å². The van der Waals surface area contributed by atoms with Crippen molar-refractivity contribution in [2.45, 2.75) is 26.3 Å². The van der Waals surface area contributed by atoms with Crippen LogP contribution in [-0.4, -0.2) is 15.1 Å². The number of hydrogen-bond acceptors (Lipinski definition) is 5. The standard InChI is InChI=1S/C12H16N4O/c1-8(2)11(13)12-15-10(16-17-12)6-9-4-3-5-14-7-9/h3-5,7-8,11H,6,13H2,1-2H3/t11-/m1/s1. The SMILES string of the molecule is CC(C)[C@@H](N)c1nc(Cc2cccnc2)no1. The van der Waals surface area contributed by atoms with Crippen LogP contribution in [0.1, 0.15) is 37.2 Å². The third-order valence-corrected chi connectivity index (χ3v) is 2.57. The van der Waals surface area contributed by atoms with Gasteiger partial charge in [-0.3, -0.25) is 4.98 Å². The quantitative estimate of drug-likeness (QED) is 0.868. The Morgan fingerprint density at radius 2 is 2.24 bits per heavy atom. The average Bonchev–Trinajstić information content (AvgIpc) is 2.77. The van der Waals surface area contributed by atoms with Gasteiger partial charge in [-0.1, -0.05) is 25.1 Å². The zero-order chi connectivity index (χ0) is 12.3. The van der Waals surface area contributed by atoms with Gasteiger partial charge >= 0.3 is 0 Å². The van der Waals surface area contributed by atoms with Crippen LogP contribution in [0.25, 0.3) is 0 Å². The largest absolute Gasteiger partial charge is 0.338 e. The average molecular weight is 232 g/mol. The van der Waals surface area contributed by atoms with E-state index in [2.05, 4.69) is 15.1 Å². The number of hydrogen-bond donors (Lipinski definition) is 1. The summed E-state index contributed by atoms with van der Waals surface area (Å²) in [5.74, 6) is 1.42. The van der Waals surface area contributed by atoms with Gasteiger partial charge in [-0.05, 0) is 17.5 Å². The van der Waals surface area contributed by atoms with E-state index in [0.29, 0.717) is 18.1 Å². The Morgan fingerprint density at radius 1 is 1.41 bits per heavy atom. The lowest BCUT2D eigenvalue weighted by Crippen LogP contribution is -2.17. The van der Waals surface area contributed by atoms with Gasteiger partial charge in [-0.2, -0.15) is 4.98 Å². The number of rotatable bonds is 4. The molecular formula is C12H16N4O. The highest BCUT2D eigenvalue weighted by molar-refractivity contribution is 5.13. The molecule has 2 heterocycles. The summed E-state index contributed by atoms with van der Waals surface area (Å²) in [4.78, 5) is 8.34. The molecule has 0 aromatic carbocycles. The Bertz CT molecular complexity index is 466. The Morgan fingerprint density at radius 3 is 2.88 bits per heavy atom. The van der Waals surface area contributed by atoms with Crippen molar-refractivity contribution in [3.63, 3.8) is 0 Å². The highest BCUT2D eigenvalue weighted by Crippen LogP contribution is 2.17. The second-order valence-electron chi connectivity index (χ2n) is 4.36. The fourth-order valence-corrected chi connectivity index (χ4v) is 1.45. The molecule has 0 spiro atoms. The topological polar surface area (TPSA) is 77.8 Å². The molecule has 2 aromatic rings. The molecule has 0 fully saturated rings. The van der Waals surface area contributed by atoms with Crippen molar-refractivity contribution in [2.24, 2.45) is 11.7 Å². The van der Waals surface area contributed by atoms with Crippen LogP contribution in [0.5, 0.6) is 0 Å². The molecule has 2 rings (SSSR count). The first-order valence-corrected chi connectivity index (χ1v) is 5.64. The van der Waals surface area contributed by atoms with Crippen LogP contribution in [0, 0.1) is 5.92 Å². The van der Waals surface area contributed by atoms with Crippen LogP contribution < -0.4 is 5.73 Å². The van der Waals surface area contributed by atoms with Crippen LogP contribution >= 0.6 is 0 Å². The molecule has 0 saturated carbocycles. The fraction of sp³-hybridized carbons (Fsp3) is 0.417. The third-order valence-electron chi connectivity index (χ3n) is 2.57. The maximum absolute atomic E-state index is 5.94. The maximum Gasteiger partial charge on any atom is 0.243 e. The normalized spacial score (nSPS) is 12.9. The predicted octanol–water partition coefficient (Wildman–Crippen LogP) is 1.71. The highest BCUT2D eigenvalue weighted by Gasteiger charge is 2.17. The summed E-state index contributed by atoms with van der Waals surface area (Å²) in [6.45, 7) is 4.05. The van der Waals surface area contributed by atoms with Crippen LogP contribution in [0.4, 0.5) is 0 Å². The summed E-state index contributed by atoms with van der Waals surface area (Å²) in [6, 6.07) is 3.66. The number of nitrogens with two attached hydrogens (primary N) is 1. The Balaban J connectivity index is 2.09. The second-order valence-corrected chi connectivity index (χ2v) is 4.36. The van der Waals surface area contributed by atoms with Crippen LogP contribution in [0.2, 0.25) is 0 Å². The molecule has 0 radical (unpaired) electrons. The molecule has 0 aliphatic carbocycles. The van der Waals surface area contributed by atoms with Crippen LogP contribution in [0.15, 0.2) is 29.0 Å². The molecule has 90 valence electrons. The molecule has 2 N–H and O–H groups in total. The molecule has 1 atom stereocenters. The van der Waals surface area contributed by atoms with Gasteiger partial charge in [0.15, 0.2) is 5.82 Å². The minimum absolute atomic E-state index is 0.204. The fourth-order valence-electron chi connectivity index (χ4n) is 1.45. The van der Waals surface area contributed by atoms with E-state index in [4.69, 9.17) is 10.3 Å². The molecule has 5 nitrogen and oxygen atoms in total. The number of aromatic nitrogens is 3. The Hall–Kier alpha value is -1.75. The lowest BCUT2D eigenvalue weighted by atomic mass is 10.1. The second kappa shape index (κ2) is 5.05. The highest BCUT2D eigenvalue weighted by atomic mass is 16.5. The van der Waals surface area contributed by atoms with Gasteiger partial charge in [0.05, 0.1) is 6.04 Å². The molecule has 17 heavy (non-hydrogen) atoms. The summed E-state index contributed by atoms with van der Waals surface area (Å²) in [6.07, 6.45) is 4.14.